The van der Waals surface area contributed by atoms with Gasteiger partial charge in [0.05, 0.1) is 18.2 Å². The zero-order valence-electron chi connectivity index (χ0n) is 14.8. The Morgan fingerprint density at radius 1 is 1.16 bits per heavy atom. The van der Waals surface area contributed by atoms with Crippen LogP contribution < -0.4 is 10.5 Å². The van der Waals surface area contributed by atoms with E-state index in [0.29, 0.717) is 37.1 Å². The van der Waals surface area contributed by atoms with Gasteiger partial charge in [0.2, 0.25) is 5.91 Å². The Balaban J connectivity index is 1.62. The molecule has 0 aliphatic carbocycles. The first kappa shape index (κ1) is 17.7. The second-order valence-electron chi connectivity index (χ2n) is 6.75. The van der Waals surface area contributed by atoms with Gasteiger partial charge in [-0.1, -0.05) is 12.1 Å². The maximum absolute atomic E-state index is 12.9. The van der Waals surface area contributed by atoms with Crippen molar-refractivity contribution in [1.82, 2.24) is 9.80 Å². The Hall–Kier alpha value is -2.08. The van der Waals surface area contributed by atoms with Crippen molar-refractivity contribution in [2.75, 3.05) is 26.2 Å². The topological polar surface area (TPSA) is 75.9 Å². The highest BCUT2D eigenvalue weighted by Gasteiger charge is 2.36. The number of nitrogens with zero attached hydrogens (tertiary/aromatic N) is 2. The maximum Gasteiger partial charge on any atom is 0.257 e. The van der Waals surface area contributed by atoms with Gasteiger partial charge in [0.15, 0.2) is 0 Å². The van der Waals surface area contributed by atoms with Crippen LogP contribution in [0.5, 0.6) is 5.75 Å². The molecule has 2 aliphatic heterocycles. The summed E-state index contributed by atoms with van der Waals surface area (Å²) in [5.41, 5.74) is 6.16. The number of para-hydroxylation sites is 1. The number of piperidine rings is 1. The van der Waals surface area contributed by atoms with Crippen molar-refractivity contribution in [1.29, 1.82) is 0 Å². The van der Waals surface area contributed by atoms with Crippen molar-refractivity contribution in [2.24, 2.45) is 5.73 Å². The molecule has 3 rings (SSSR count). The van der Waals surface area contributed by atoms with E-state index in [2.05, 4.69) is 4.90 Å². The van der Waals surface area contributed by atoms with Crippen molar-refractivity contribution in [3.8, 4) is 5.75 Å². The van der Waals surface area contributed by atoms with Gasteiger partial charge in [-0.15, -0.1) is 0 Å². The van der Waals surface area contributed by atoms with Gasteiger partial charge >= 0.3 is 0 Å². The van der Waals surface area contributed by atoms with Crippen molar-refractivity contribution >= 4 is 11.8 Å². The second kappa shape index (κ2) is 7.87. The standard InChI is InChI=1S/C19H27N3O3/c1-2-25-17-8-4-3-6-15(17)19(24)21-12-9-14(10-13-21)22-11-5-7-16(22)18(20)23/h3-4,6,8,14,16H,2,5,7,9-13H2,1H3,(H2,20,23). The number of carbonyl (C=O) groups excluding carboxylic acids is 2. The van der Waals surface area contributed by atoms with Crippen LogP contribution in [0.3, 0.4) is 0 Å². The highest BCUT2D eigenvalue weighted by atomic mass is 16.5. The number of hydrogen-bond donors (Lipinski definition) is 1. The summed E-state index contributed by atoms with van der Waals surface area (Å²) in [6, 6.07) is 7.61. The number of likely N-dealkylation sites (tertiary alicyclic amines) is 2. The second-order valence-corrected chi connectivity index (χ2v) is 6.75. The number of amides is 2. The predicted octanol–water partition coefficient (Wildman–Crippen LogP) is 1.64. The summed E-state index contributed by atoms with van der Waals surface area (Å²) in [7, 11) is 0. The van der Waals surface area contributed by atoms with E-state index < -0.39 is 0 Å². The zero-order chi connectivity index (χ0) is 17.8. The van der Waals surface area contributed by atoms with Crippen molar-refractivity contribution < 1.29 is 14.3 Å². The number of hydrogen-bond acceptors (Lipinski definition) is 4. The van der Waals surface area contributed by atoms with Crippen LogP contribution >= 0.6 is 0 Å². The number of benzene rings is 1. The van der Waals surface area contributed by atoms with Gasteiger partial charge in [-0.3, -0.25) is 14.5 Å². The lowest BCUT2D eigenvalue weighted by Gasteiger charge is -2.38. The Bertz CT molecular complexity index is 626. The molecule has 2 heterocycles. The van der Waals surface area contributed by atoms with Crippen LogP contribution in [0.1, 0.15) is 43.0 Å². The summed E-state index contributed by atoms with van der Waals surface area (Å²) >= 11 is 0. The Kier molecular flexibility index (Phi) is 5.58. The molecule has 2 saturated heterocycles. The Morgan fingerprint density at radius 2 is 1.88 bits per heavy atom. The Morgan fingerprint density at radius 3 is 2.56 bits per heavy atom. The van der Waals surface area contributed by atoms with E-state index in [-0.39, 0.29) is 17.9 Å². The molecule has 1 aromatic rings. The maximum atomic E-state index is 12.9. The van der Waals surface area contributed by atoms with E-state index in [4.69, 9.17) is 10.5 Å². The van der Waals surface area contributed by atoms with E-state index in [9.17, 15) is 9.59 Å². The lowest BCUT2D eigenvalue weighted by Crippen LogP contribution is -2.51. The molecule has 136 valence electrons. The Labute approximate surface area is 148 Å². The van der Waals surface area contributed by atoms with Crippen molar-refractivity contribution in [2.45, 2.75) is 44.7 Å². The fourth-order valence-electron chi connectivity index (χ4n) is 4.03. The first-order valence-electron chi connectivity index (χ1n) is 9.18. The molecule has 1 atom stereocenters. The summed E-state index contributed by atoms with van der Waals surface area (Å²) in [6.45, 7) is 4.78. The van der Waals surface area contributed by atoms with Crippen LogP contribution in [0.2, 0.25) is 0 Å². The summed E-state index contributed by atoms with van der Waals surface area (Å²) in [5, 5.41) is 0. The molecule has 0 aromatic heterocycles. The van der Waals surface area contributed by atoms with E-state index in [1.54, 1.807) is 0 Å². The van der Waals surface area contributed by atoms with Crippen LogP contribution in [0, 0.1) is 0 Å². The van der Waals surface area contributed by atoms with Crippen LogP contribution in [0.4, 0.5) is 0 Å². The van der Waals surface area contributed by atoms with Crippen molar-refractivity contribution in [3.63, 3.8) is 0 Å². The van der Waals surface area contributed by atoms with Gasteiger partial charge < -0.3 is 15.4 Å². The molecule has 0 saturated carbocycles. The average Bonchev–Trinajstić information content (AvgIpc) is 3.12. The lowest BCUT2D eigenvalue weighted by atomic mass is 10.0. The molecule has 25 heavy (non-hydrogen) atoms. The van der Waals surface area contributed by atoms with E-state index >= 15 is 0 Å². The smallest absolute Gasteiger partial charge is 0.257 e. The number of carbonyl (C=O) groups is 2. The summed E-state index contributed by atoms with van der Waals surface area (Å²) in [5.74, 6) is 0.447. The largest absolute Gasteiger partial charge is 0.493 e. The first-order chi connectivity index (χ1) is 12.1. The van der Waals surface area contributed by atoms with E-state index in [1.165, 1.54) is 0 Å². The fraction of sp³-hybridized carbons (Fsp3) is 0.579. The zero-order valence-corrected chi connectivity index (χ0v) is 14.8. The minimum Gasteiger partial charge on any atom is -0.493 e. The van der Waals surface area contributed by atoms with Crippen LogP contribution in [-0.2, 0) is 4.79 Å². The molecule has 6 nitrogen and oxygen atoms in total. The number of ether oxygens (including phenoxy) is 1. The summed E-state index contributed by atoms with van der Waals surface area (Å²) in [6.07, 6.45) is 3.64. The molecule has 2 fully saturated rings. The average molecular weight is 345 g/mol. The predicted molar refractivity (Wildman–Crippen MR) is 95.5 cm³/mol. The fourth-order valence-corrected chi connectivity index (χ4v) is 4.03. The third-order valence-corrected chi connectivity index (χ3v) is 5.26. The molecule has 2 N–H and O–H groups in total. The molecule has 6 heteroatoms. The monoisotopic (exact) mass is 345 g/mol. The van der Waals surface area contributed by atoms with Crippen LogP contribution in [0.25, 0.3) is 0 Å². The summed E-state index contributed by atoms with van der Waals surface area (Å²) < 4.78 is 5.58. The molecule has 0 radical (unpaired) electrons. The molecular formula is C19H27N3O3. The van der Waals surface area contributed by atoms with Gasteiger partial charge in [0.25, 0.3) is 5.91 Å². The quantitative estimate of drug-likeness (QED) is 0.880. The van der Waals surface area contributed by atoms with Gasteiger partial charge in [-0.05, 0) is 51.3 Å². The van der Waals surface area contributed by atoms with Gasteiger partial charge in [-0.25, -0.2) is 0 Å². The minimum absolute atomic E-state index is 0.0235. The highest BCUT2D eigenvalue weighted by Crippen LogP contribution is 2.27. The summed E-state index contributed by atoms with van der Waals surface area (Å²) in [4.78, 5) is 28.6. The molecule has 1 unspecified atom stereocenters. The molecule has 0 bridgehead atoms. The number of nitrogens with two attached hydrogens (primary N) is 1. The molecule has 2 aliphatic rings. The third-order valence-electron chi connectivity index (χ3n) is 5.26. The first-order valence-corrected chi connectivity index (χ1v) is 9.18. The normalized spacial score (nSPS) is 22.1. The van der Waals surface area contributed by atoms with E-state index in [0.717, 1.165) is 32.2 Å². The van der Waals surface area contributed by atoms with Crippen LogP contribution in [0.15, 0.2) is 24.3 Å². The number of primary amides is 1. The van der Waals surface area contributed by atoms with Gasteiger partial charge in [0, 0.05) is 19.1 Å². The molecular weight excluding hydrogens is 318 g/mol. The van der Waals surface area contributed by atoms with Crippen molar-refractivity contribution in [3.05, 3.63) is 29.8 Å². The highest BCUT2D eigenvalue weighted by molar-refractivity contribution is 5.97. The van der Waals surface area contributed by atoms with Crippen LogP contribution in [-0.4, -0.2) is 59.9 Å². The molecule has 0 spiro atoms. The number of rotatable bonds is 5. The van der Waals surface area contributed by atoms with Gasteiger partial charge in [0.1, 0.15) is 5.75 Å². The van der Waals surface area contributed by atoms with Gasteiger partial charge in [-0.2, -0.15) is 0 Å². The lowest BCUT2D eigenvalue weighted by molar-refractivity contribution is -0.123. The minimum atomic E-state index is -0.221. The SMILES string of the molecule is CCOc1ccccc1C(=O)N1CCC(N2CCCC2C(N)=O)CC1. The third kappa shape index (κ3) is 3.79. The molecule has 1 aromatic carbocycles. The molecule has 2 amide bonds. The van der Waals surface area contributed by atoms with E-state index in [1.807, 2.05) is 36.1 Å².